The maximum absolute atomic E-state index is 9.84. The van der Waals surface area contributed by atoms with Crippen molar-refractivity contribution in [2.24, 2.45) is 0 Å². The molecular weight excluding hydrogens is 518 g/mol. The summed E-state index contributed by atoms with van der Waals surface area (Å²) in [6, 6.07) is 0. The molecule has 2 aliphatic carbocycles. The number of carbonyl (C=O) groups is 2. The van der Waals surface area contributed by atoms with Gasteiger partial charge in [-0.05, 0) is 71.4 Å². The number of aliphatic carboxylic acids is 1. The van der Waals surface area contributed by atoms with Gasteiger partial charge in [0.1, 0.15) is 0 Å². The summed E-state index contributed by atoms with van der Waals surface area (Å²) in [4.78, 5) is 23.5. The molecule has 2 saturated carbocycles. The number of carboxylic acids is 1. The van der Waals surface area contributed by atoms with Crippen LogP contribution in [-0.4, -0.2) is 92.7 Å². The number of nitrogens with zero attached hydrogens (tertiary/aromatic N) is 2. The zero-order valence-electron chi connectivity index (χ0n) is 24.1. The van der Waals surface area contributed by atoms with Crippen molar-refractivity contribution in [2.45, 2.75) is 95.3 Å². The van der Waals surface area contributed by atoms with Crippen LogP contribution in [0, 0.1) is 6.92 Å². The Morgan fingerprint density at radius 2 is 1.31 bits per heavy atom. The Hall–Kier alpha value is -0.476. The fourth-order valence-electron chi connectivity index (χ4n) is 4.23. The normalized spacial score (nSPS) is 15.8. The number of likely N-dealkylation sites (N-methyl/N-ethyl adjacent to an activating group) is 2. The van der Waals surface area contributed by atoms with E-state index in [1.54, 1.807) is 57.5 Å². The van der Waals surface area contributed by atoms with Crippen LogP contribution in [0.3, 0.4) is 0 Å². The van der Waals surface area contributed by atoms with Crippen molar-refractivity contribution < 1.29 is 35.9 Å². The van der Waals surface area contributed by atoms with Crippen molar-refractivity contribution in [3.63, 3.8) is 0 Å². The standard InChI is InChI=1S/C15H29P.C6H16N2.C4H6O2.C3H5O2.Ni/c1-2-13-16(14-9-5-3-6-10-14)15-11-7-4-8-12-15;1-7(2)5-6-8(3)4;1-3-4(5)6-2;1-2-3(4)5;/h14-15H,2-13H2,1H3;5-6H2,1-4H3;3H,1H2,2H3;1-2H2,(H,4,5);/q;;;-1;+3. The number of methoxy groups -OCH3 is 1. The van der Waals surface area contributed by atoms with Gasteiger partial charge in [0, 0.05) is 19.2 Å². The van der Waals surface area contributed by atoms with Gasteiger partial charge in [0.25, 0.3) is 5.97 Å². The predicted octanol–water partition coefficient (Wildman–Crippen LogP) is 6.29. The van der Waals surface area contributed by atoms with Crippen molar-refractivity contribution in [3.8, 4) is 0 Å². The first-order valence-corrected chi connectivity index (χ1v) is 15.1. The van der Waals surface area contributed by atoms with Crippen LogP contribution in [0.25, 0.3) is 0 Å². The maximum Gasteiger partial charge on any atom is 3.00 e. The summed E-state index contributed by atoms with van der Waals surface area (Å²) in [5.74, 6) is -1.25. The third-order valence-electron chi connectivity index (χ3n) is 6.15. The van der Waals surface area contributed by atoms with Crippen molar-refractivity contribution in [1.82, 2.24) is 9.80 Å². The quantitative estimate of drug-likeness (QED) is 0.115. The summed E-state index contributed by atoms with van der Waals surface area (Å²) in [6.45, 7) is 10.9. The predicted molar refractivity (Wildman–Crippen MR) is 153 cm³/mol. The SMILES string of the molecule is C=CC(=O)OC.CCCP(C1CCCCC1)C1CCCCC1.CN(C)CCN(C)C.[CH2-]CC(=O)O.[Ni+3]. The minimum absolute atomic E-state index is 0. The van der Waals surface area contributed by atoms with Crippen LogP contribution >= 0.6 is 7.92 Å². The summed E-state index contributed by atoms with van der Waals surface area (Å²) >= 11 is 0. The van der Waals surface area contributed by atoms with Gasteiger partial charge in [0.15, 0.2) is 0 Å². The van der Waals surface area contributed by atoms with Crippen LogP contribution in [0.2, 0.25) is 0 Å². The van der Waals surface area contributed by atoms with Crippen LogP contribution in [0.4, 0.5) is 0 Å². The first kappa shape index (κ1) is 40.0. The molecule has 36 heavy (non-hydrogen) atoms. The largest absolute Gasteiger partial charge is 3.00 e. The van der Waals surface area contributed by atoms with E-state index in [0.29, 0.717) is 7.92 Å². The molecule has 0 amide bonds. The Bertz CT molecular complexity index is 498. The number of carbonyl (C=O) groups excluding carboxylic acids is 1. The Kier molecular flexibility index (Phi) is 30.6. The third kappa shape index (κ3) is 25.2. The maximum atomic E-state index is 9.84. The number of hydrogen-bond donors (Lipinski definition) is 1. The molecule has 6 nitrogen and oxygen atoms in total. The Morgan fingerprint density at radius 3 is 1.50 bits per heavy atom. The summed E-state index contributed by atoms with van der Waals surface area (Å²) in [5.41, 5.74) is 2.35. The van der Waals surface area contributed by atoms with Gasteiger partial charge in [-0.3, -0.25) is 4.79 Å². The molecule has 0 aromatic rings. The van der Waals surface area contributed by atoms with Crippen molar-refractivity contribution >= 4 is 19.9 Å². The molecule has 2 aliphatic rings. The van der Waals surface area contributed by atoms with Gasteiger partial charge in [0.05, 0.1) is 7.11 Å². The first-order chi connectivity index (χ1) is 16.6. The van der Waals surface area contributed by atoms with Gasteiger partial charge in [-0.25, -0.2) is 4.79 Å². The Labute approximate surface area is 234 Å². The Morgan fingerprint density at radius 1 is 0.944 bits per heavy atom. The summed E-state index contributed by atoms with van der Waals surface area (Å²) in [5, 5.41) is 7.66. The fourth-order valence-corrected chi connectivity index (χ4v) is 8.13. The van der Waals surface area contributed by atoms with E-state index < -0.39 is 11.9 Å². The second-order valence-electron chi connectivity index (χ2n) is 9.80. The topological polar surface area (TPSA) is 70.1 Å². The van der Waals surface area contributed by atoms with Crippen molar-refractivity contribution in [3.05, 3.63) is 19.6 Å². The fraction of sp³-hybridized carbons (Fsp3) is 0.821. The summed E-state index contributed by atoms with van der Waals surface area (Å²) < 4.78 is 4.14. The molecule has 0 saturated heterocycles. The number of ether oxygens (including phenoxy) is 1. The molecule has 0 spiro atoms. The van der Waals surface area contributed by atoms with Gasteiger partial charge < -0.3 is 26.6 Å². The zero-order valence-corrected chi connectivity index (χ0v) is 26.0. The molecular formula is C28H56N2NiO4P+2. The molecule has 1 N–H and O–H groups in total. The van der Waals surface area contributed by atoms with Crippen LogP contribution in [0.1, 0.15) is 84.0 Å². The van der Waals surface area contributed by atoms with Gasteiger partial charge in [-0.15, -0.1) is 7.92 Å². The van der Waals surface area contributed by atoms with E-state index in [0.717, 1.165) is 19.2 Å². The first-order valence-electron chi connectivity index (χ1n) is 13.4. The summed E-state index contributed by atoms with van der Waals surface area (Å²) in [6.07, 6.45) is 19.7. The van der Waals surface area contributed by atoms with Crippen molar-refractivity contribution in [2.75, 3.05) is 54.6 Å². The number of carboxylic acid groups (broad SMARTS) is 1. The number of hydrogen-bond acceptors (Lipinski definition) is 5. The molecule has 215 valence electrons. The number of rotatable bonds is 9. The smallest absolute Gasteiger partial charge is 0.483 e. The molecule has 0 aromatic heterocycles. The van der Waals surface area contributed by atoms with Gasteiger partial charge in [0.2, 0.25) is 0 Å². The summed E-state index contributed by atoms with van der Waals surface area (Å²) in [7, 11) is 10.1. The molecule has 0 aromatic carbocycles. The van der Waals surface area contributed by atoms with Crippen LogP contribution in [-0.2, 0) is 30.8 Å². The van der Waals surface area contributed by atoms with Crippen molar-refractivity contribution in [1.29, 1.82) is 0 Å². The molecule has 0 atom stereocenters. The van der Waals surface area contributed by atoms with Crippen LogP contribution in [0.5, 0.6) is 0 Å². The zero-order chi connectivity index (χ0) is 27.1. The molecule has 2 rings (SSSR count). The molecule has 0 bridgehead atoms. The van der Waals surface area contributed by atoms with E-state index in [1.807, 2.05) is 0 Å². The molecule has 0 heterocycles. The third-order valence-corrected chi connectivity index (χ3v) is 10.0. The molecule has 0 unspecified atom stereocenters. The van der Waals surface area contributed by atoms with E-state index in [9.17, 15) is 9.59 Å². The molecule has 2 fully saturated rings. The van der Waals surface area contributed by atoms with E-state index in [-0.39, 0.29) is 22.9 Å². The Balaban J connectivity index is -0.000000461. The van der Waals surface area contributed by atoms with Gasteiger partial charge >= 0.3 is 22.5 Å². The molecule has 1 radical (unpaired) electrons. The van der Waals surface area contributed by atoms with Gasteiger partial charge in [-0.2, -0.15) is 0 Å². The minimum atomic E-state index is -0.856. The van der Waals surface area contributed by atoms with E-state index in [4.69, 9.17) is 5.11 Å². The number of esters is 1. The monoisotopic (exact) mass is 573 g/mol. The van der Waals surface area contributed by atoms with E-state index in [1.165, 1.54) is 37.7 Å². The van der Waals surface area contributed by atoms with Crippen LogP contribution in [0.15, 0.2) is 12.7 Å². The minimum Gasteiger partial charge on any atom is -0.483 e. The molecule has 0 aliphatic heterocycles. The second kappa shape index (κ2) is 27.6. The van der Waals surface area contributed by atoms with Gasteiger partial charge in [-0.1, -0.05) is 64.9 Å². The van der Waals surface area contributed by atoms with E-state index in [2.05, 4.69) is 63.2 Å². The molecule has 8 heteroatoms. The average Bonchev–Trinajstić information content (AvgIpc) is 2.87. The second-order valence-corrected chi connectivity index (χ2v) is 12.7. The average molecular weight is 574 g/mol. The van der Waals surface area contributed by atoms with E-state index >= 15 is 0 Å². The van der Waals surface area contributed by atoms with Crippen LogP contribution < -0.4 is 0 Å².